The van der Waals surface area contributed by atoms with Gasteiger partial charge in [0.05, 0.1) is 0 Å². The molecule has 0 aliphatic heterocycles. The summed E-state index contributed by atoms with van der Waals surface area (Å²) < 4.78 is 0. The minimum absolute atomic E-state index is 1.18. The van der Waals surface area contributed by atoms with Crippen LogP contribution in [0.4, 0.5) is 0 Å². The van der Waals surface area contributed by atoms with E-state index in [2.05, 4.69) is 53.3 Å². The van der Waals surface area contributed by atoms with Crippen LogP contribution < -0.4 is 0 Å². The number of rotatable bonds is 0. The van der Waals surface area contributed by atoms with Crippen molar-refractivity contribution in [2.45, 2.75) is 45.4 Å². The summed E-state index contributed by atoms with van der Waals surface area (Å²) in [5.74, 6) is 26.7. The molecule has 0 saturated heterocycles. The molecule has 4 saturated carbocycles. The molecule has 4 rings (SSSR count). The lowest BCUT2D eigenvalue weighted by molar-refractivity contribution is 0.0198. The maximum Gasteiger partial charge on any atom is -0.000000534 e. The standard InChI is InChI=1S/C11H4.C10H16/c1-3-5-7-9-11-10-8-6-4-2;1-7-2-9-4-8(1)5-10(3-7)6-9/h1H,2H3;7-10H,1-6H2. The van der Waals surface area contributed by atoms with E-state index in [0.717, 1.165) is 0 Å². The highest BCUT2D eigenvalue weighted by Gasteiger charge is 2.41. The van der Waals surface area contributed by atoms with Crippen molar-refractivity contribution in [3.05, 3.63) is 0 Å². The monoisotopic (exact) mass is 272 g/mol. The molecule has 0 spiro atoms. The van der Waals surface area contributed by atoms with Gasteiger partial charge in [0.15, 0.2) is 0 Å². The molecule has 104 valence electrons. The van der Waals surface area contributed by atoms with Crippen LogP contribution in [0.3, 0.4) is 0 Å². The summed E-state index contributed by atoms with van der Waals surface area (Å²) in [4.78, 5) is 0. The molecule has 21 heavy (non-hydrogen) atoms. The van der Waals surface area contributed by atoms with Crippen molar-refractivity contribution >= 4 is 0 Å². The van der Waals surface area contributed by atoms with Crippen LogP contribution in [0.15, 0.2) is 0 Å². The summed E-state index contributed by atoms with van der Waals surface area (Å²) in [5.41, 5.74) is 0. The SMILES string of the molecule is C#CC#CC#CC#CC#CC.C1C2CC3CC1CC(C2)C3. The van der Waals surface area contributed by atoms with Gasteiger partial charge in [-0.05, 0) is 116 Å². The summed E-state index contributed by atoms with van der Waals surface area (Å²) >= 11 is 0. The highest BCUT2D eigenvalue weighted by molar-refractivity contribution is 5.41. The second-order valence-corrected chi connectivity index (χ2v) is 6.15. The van der Waals surface area contributed by atoms with Gasteiger partial charge in [0.1, 0.15) is 0 Å². The maximum absolute atomic E-state index is 4.84. The van der Waals surface area contributed by atoms with E-state index in [9.17, 15) is 0 Å². The van der Waals surface area contributed by atoms with Gasteiger partial charge in [-0.2, -0.15) is 0 Å². The first kappa shape index (κ1) is 15.2. The van der Waals surface area contributed by atoms with E-state index in [4.69, 9.17) is 6.42 Å². The highest BCUT2D eigenvalue weighted by atomic mass is 14.5. The van der Waals surface area contributed by atoms with Crippen molar-refractivity contribution in [2.24, 2.45) is 23.7 Å². The van der Waals surface area contributed by atoms with E-state index in [1.807, 2.05) is 0 Å². The van der Waals surface area contributed by atoms with Gasteiger partial charge >= 0.3 is 0 Å². The van der Waals surface area contributed by atoms with E-state index < -0.39 is 0 Å². The number of hydrogen-bond acceptors (Lipinski definition) is 0. The average Bonchev–Trinajstić information content (AvgIpc) is 2.46. The maximum atomic E-state index is 4.84. The first-order chi connectivity index (χ1) is 10.3. The molecule has 4 fully saturated rings. The smallest absolute Gasteiger partial charge is 0.000000534 e. The average molecular weight is 272 g/mol. The molecule has 0 aromatic rings. The van der Waals surface area contributed by atoms with Crippen LogP contribution in [-0.2, 0) is 0 Å². The normalized spacial score (nSPS) is 29.3. The Kier molecular flexibility index (Phi) is 5.91. The fourth-order valence-electron chi connectivity index (χ4n) is 4.24. The summed E-state index contributed by atoms with van der Waals surface area (Å²) in [5, 5.41) is 0. The van der Waals surface area contributed by atoms with Gasteiger partial charge in [-0.15, -0.1) is 6.42 Å². The zero-order valence-electron chi connectivity index (χ0n) is 12.6. The highest BCUT2D eigenvalue weighted by Crippen LogP contribution is 2.53. The molecular formula is C21H20. The van der Waals surface area contributed by atoms with Crippen molar-refractivity contribution in [3.8, 4) is 59.7 Å². The van der Waals surface area contributed by atoms with Gasteiger partial charge in [-0.25, -0.2) is 0 Å². The quantitative estimate of drug-likeness (QED) is 0.592. The lowest BCUT2D eigenvalue weighted by atomic mass is 9.56. The Morgan fingerprint density at radius 3 is 1.24 bits per heavy atom. The van der Waals surface area contributed by atoms with E-state index in [1.54, 1.807) is 45.4 Å². The minimum atomic E-state index is 1.18. The van der Waals surface area contributed by atoms with Crippen molar-refractivity contribution < 1.29 is 0 Å². The van der Waals surface area contributed by atoms with Gasteiger partial charge in [0.25, 0.3) is 0 Å². The van der Waals surface area contributed by atoms with Crippen LogP contribution in [-0.4, -0.2) is 0 Å². The molecule has 0 radical (unpaired) electrons. The molecule has 0 aromatic carbocycles. The molecule has 4 bridgehead atoms. The minimum Gasteiger partial charge on any atom is -0.106 e. The predicted molar refractivity (Wildman–Crippen MR) is 87.3 cm³/mol. The zero-order valence-corrected chi connectivity index (χ0v) is 12.6. The molecule has 0 atom stereocenters. The Labute approximate surface area is 129 Å². The van der Waals surface area contributed by atoms with Crippen LogP contribution in [0.1, 0.15) is 45.4 Å². The third-order valence-electron chi connectivity index (χ3n) is 4.57. The molecule has 0 heteroatoms. The molecule has 4 aliphatic rings. The first-order valence-corrected chi connectivity index (χ1v) is 7.69. The summed E-state index contributed by atoms with van der Waals surface area (Å²) in [6.45, 7) is 1.71. The molecule has 4 aliphatic carbocycles. The Morgan fingerprint density at radius 2 is 0.905 bits per heavy atom. The van der Waals surface area contributed by atoms with Crippen molar-refractivity contribution in [1.29, 1.82) is 0 Å². The van der Waals surface area contributed by atoms with E-state index in [1.165, 1.54) is 23.7 Å². The summed E-state index contributed by atoms with van der Waals surface area (Å²) in [7, 11) is 0. The van der Waals surface area contributed by atoms with Crippen LogP contribution in [0.5, 0.6) is 0 Å². The molecular weight excluding hydrogens is 252 g/mol. The van der Waals surface area contributed by atoms with Gasteiger partial charge in [0, 0.05) is 0 Å². The van der Waals surface area contributed by atoms with Crippen LogP contribution in [0, 0.1) is 83.4 Å². The van der Waals surface area contributed by atoms with Gasteiger partial charge < -0.3 is 0 Å². The molecule has 0 amide bonds. The Balaban J connectivity index is 0.000000153. The lowest BCUT2D eigenvalue weighted by Crippen LogP contribution is -2.38. The van der Waals surface area contributed by atoms with Crippen molar-refractivity contribution in [1.82, 2.24) is 0 Å². The van der Waals surface area contributed by atoms with Gasteiger partial charge in [-0.3, -0.25) is 0 Å². The molecule has 0 aromatic heterocycles. The second kappa shape index (κ2) is 8.17. The summed E-state index contributed by atoms with van der Waals surface area (Å²) in [6, 6.07) is 0. The van der Waals surface area contributed by atoms with E-state index in [0.29, 0.717) is 0 Å². The molecule has 0 nitrogen and oxygen atoms in total. The van der Waals surface area contributed by atoms with E-state index >= 15 is 0 Å². The first-order valence-electron chi connectivity index (χ1n) is 7.69. The fraction of sp³-hybridized carbons (Fsp3) is 0.524. The van der Waals surface area contributed by atoms with Crippen LogP contribution >= 0.6 is 0 Å². The molecule has 0 unspecified atom stereocenters. The van der Waals surface area contributed by atoms with Gasteiger partial charge in [0.2, 0.25) is 0 Å². The fourth-order valence-corrected chi connectivity index (χ4v) is 4.24. The topological polar surface area (TPSA) is 0 Å². The molecule has 0 heterocycles. The Hall–Kier alpha value is -2.20. The third kappa shape index (κ3) is 5.00. The largest absolute Gasteiger partial charge is 0.106 e. The van der Waals surface area contributed by atoms with E-state index in [-0.39, 0.29) is 0 Å². The lowest BCUT2D eigenvalue weighted by Gasteiger charge is -2.49. The number of hydrogen-bond donors (Lipinski definition) is 0. The zero-order chi connectivity index (χ0) is 14.9. The Morgan fingerprint density at radius 1 is 0.571 bits per heavy atom. The van der Waals surface area contributed by atoms with Crippen molar-refractivity contribution in [3.63, 3.8) is 0 Å². The van der Waals surface area contributed by atoms with Crippen molar-refractivity contribution in [2.75, 3.05) is 0 Å². The second-order valence-electron chi connectivity index (χ2n) is 6.15. The van der Waals surface area contributed by atoms with Crippen LogP contribution in [0.2, 0.25) is 0 Å². The van der Waals surface area contributed by atoms with Gasteiger partial charge in [-0.1, -0.05) is 5.92 Å². The summed E-state index contributed by atoms with van der Waals surface area (Å²) in [6.07, 6.45) is 14.5. The molecule has 0 N–H and O–H groups in total. The number of terminal acetylenes is 1. The predicted octanol–water partition coefficient (Wildman–Crippen LogP) is 3.49. The Bertz CT molecular complexity index is 584. The van der Waals surface area contributed by atoms with Crippen LogP contribution in [0.25, 0.3) is 0 Å². The third-order valence-corrected chi connectivity index (χ3v) is 4.57.